The van der Waals surface area contributed by atoms with Crippen LogP contribution in [-0.4, -0.2) is 15.9 Å². The van der Waals surface area contributed by atoms with Crippen molar-refractivity contribution in [3.63, 3.8) is 0 Å². The highest BCUT2D eigenvalue weighted by Crippen LogP contribution is 2.39. The Labute approximate surface area is 111 Å². The second-order valence-electron chi connectivity index (χ2n) is 4.83. The normalized spacial score (nSPS) is 14.9. The summed E-state index contributed by atoms with van der Waals surface area (Å²) in [5.41, 5.74) is 8.41. The Balaban J connectivity index is 2.16. The lowest BCUT2D eigenvalue weighted by molar-refractivity contribution is 0.0998. The van der Waals surface area contributed by atoms with E-state index in [0.717, 1.165) is 18.4 Å². The van der Waals surface area contributed by atoms with E-state index in [4.69, 9.17) is 5.73 Å². The SMILES string of the molecule is NC(=O)c1c(C2CCC2)ccnc1-c1ccccn1. The zero-order chi connectivity index (χ0) is 13.2. The number of amides is 1. The van der Waals surface area contributed by atoms with Gasteiger partial charge in [0.25, 0.3) is 5.91 Å². The number of carbonyl (C=O) groups is 1. The molecular weight excluding hydrogens is 238 g/mol. The molecule has 3 rings (SSSR count). The molecule has 1 saturated carbocycles. The lowest BCUT2D eigenvalue weighted by Crippen LogP contribution is -2.20. The second-order valence-corrected chi connectivity index (χ2v) is 4.83. The molecule has 0 unspecified atom stereocenters. The van der Waals surface area contributed by atoms with Crippen molar-refractivity contribution < 1.29 is 4.79 Å². The van der Waals surface area contributed by atoms with Crippen molar-refractivity contribution in [1.29, 1.82) is 0 Å². The molecule has 19 heavy (non-hydrogen) atoms. The summed E-state index contributed by atoms with van der Waals surface area (Å²) in [5.74, 6) is 0.0172. The number of nitrogens with two attached hydrogens (primary N) is 1. The number of primary amides is 1. The van der Waals surface area contributed by atoms with Crippen molar-refractivity contribution in [2.75, 3.05) is 0 Å². The van der Waals surface area contributed by atoms with Crippen LogP contribution < -0.4 is 5.73 Å². The third kappa shape index (κ3) is 2.10. The minimum absolute atomic E-state index is 0.421. The summed E-state index contributed by atoms with van der Waals surface area (Å²) in [4.78, 5) is 20.4. The van der Waals surface area contributed by atoms with Gasteiger partial charge in [0.15, 0.2) is 0 Å². The van der Waals surface area contributed by atoms with E-state index in [0.29, 0.717) is 22.9 Å². The molecule has 0 bridgehead atoms. The van der Waals surface area contributed by atoms with Crippen LogP contribution in [0.4, 0.5) is 0 Å². The molecule has 2 N–H and O–H groups in total. The summed E-state index contributed by atoms with van der Waals surface area (Å²) in [6.07, 6.45) is 6.88. The zero-order valence-corrected chi connectivity index (χ0v) is 10.5. The molecule has 1 amide bonds. The minimum Gasteiger partial charge on any atom is -0.366 e. The van der Waals surface area contributed by atoms with E-state index in [9.17, 15) is 4.79 Å². The monoisotopic (exact) mass is 253 g/mol. The average molecular weight is 253 g/mol. The van der Waals surface area contributed by atoms with Crippen LogP contribution in [0.3, 0.4) is 0 Å². The third-order valence-electron chi connectivity index (χ3n) is 3.68. The van der Waals surface area contributed by atoms with Gasteiger partial charge in [0, 0.05) is 12.4 Å². The summed E-state index contributed by atoms with van der Waals surface area (Å²) >= 11 is 0. The third-order valence-corrected chi connectivity index (χ3v) is 3.68. The Morgan fingerprint density at radius 3 is 2.58 bits per heavy atom. The molecule has 4 nitrogen and oxygen atoms in total. The second kappa shape index (κ2) is 4.80. The maximum absolute atomic E-state index is 11.8. The van der Waals surface area contributed by atoms with Gasteiger partial charge in [-0.25, -0.2) is 0 Å². The molecule has 96 valence electrons. The van der Waals surface area contributed by atoms with Gasteiger partial charge in [0.05, 0.1) is 11.3 Å². The molecular formula is C15H15N3O. The fraction of sp³-hybridized carbons (Fsp3) is 0.267. The first-order valence-corrected chi connectivity index (χ1v) is 6.47. The van der Waals surface area contributed by atoms with Gasteiger partial charge in [0.2, 0.25) is 0 Å². The van der Waals surface area contributed by atoms with Gasteiger partial charge in [-0.15, -0.1) is 0 Å². The maximum Gasteiger partial charge on any atom is 0.251 e. The summed E-state index contributed by atoms with van der Waals surface area (Å²) in [7, 11) is 0. The zero-order valence-electron chi connectivity index (χ0n) is 10.5. The van der Waals surface area contributed by atoms with E-state index < -0.39 is 5.91 Å². The molecule has 0 aromatic carbocycles. The average Bonchev–Trinajstić information content (AvgIpc) is 2.37. The summed E-state index contributed by atoms with van der Waals surface area (Å²) < 4.78 is 0. The first-order valence-electron chi connectivity index (χ1n) is 6.47. The van der Waals surface area contributed by atoms with Crippen LogP contribution in [0, 0.1) is 0 Å². The molecule has 2 aromatic heterocycles. The van der Waals surface area contributed by atoms with Crippen molar-refractivity contribution in [3.8, 4) is 11.4 Å². The number of pyridine rings is 2. The van der Waals surface area contributed by atoms with Crippen LogP contribution >= 0.6 is 0 Å². The quantitative estimate of drug-likeness (QED) is 0.913. The predicted molar refractivity (Wildman–Crippen MR) is 72.6 cm³/mol. The number of aromatic nitrogens is 2. The van der Waals surface area contributed by atoms with Gasteiger partial charge >= 0.3 is 0 Å². The Hall–Kier alpha value is -2.23. The highest BCUT2D eigenvalue weighted by Gasteiger charge is 2.26. The van der Waals surface area contributed by atoms with Crippen molar-refractivity contribution in [3.05, 3.63) is 47.8 Å². The molecule has 1 fully saturated rings. The highest BCUT2D eigenvalue weighted by molar-refractivity contribution is 6.00. The number of hydrogen-bond donors (Lipinski definition) is 1. The minimum atomic E-state index is -0.421. The van der Waals surface area contributed by atoms with Crippen LogP contribution in [0.25, 0.3) is 11.4 Å². The first-order chi connectivity index (χ1) is 9.27. The maximum atomic E-state index is 11.8. The number of carbonyl (C=O) groups excluding carboxylic acids is 1. The summed E-state index contributed by atoms with van der Waals surface area (Å²) in [6, 6.07) is 7.48. The van der Waals surface area contributed by atoms with E-state index in [2.05, 4.69) is 9.97 Å². The molecule has 0 spiro atoms. The Morgan fingerprint density at radius 2 is 2.00 bits per heavy atom. The van der Waals surface area contributed by atoms with Crippen LogP contribution in [0.5, 0.6) is 0 Å². The van der Waals surface area contributed by atoms with Crippen LogP contribution in [0.1, 0.15) is 41.1 Å². The molecule has 2 heterocycles. The first kappa shape index (κ1) is 11.8. The topological polar surface area (TPSA) is 68.9 Å². The Bertz CT molecular complexity index is 606. The molecule has 0 saturated heterocycles. The van der Waals surface area contributed by atoms with Crippen LogP contribution in [0.15, 0.2) is 36.7 Å². The van der Waals surface area contributed by atoms with Gasteiger partial charge in [0.1, 0.15) is 5.69 Å². The fourth-order valence-electron chi connectivity index (χ4n) is 2.49. The number of nitrogens with zero attached hydrogens (tertiary/aromatic N) is 2. The van der Waals surface area contributed by atoms with Crippen molar-refractivity contribution in [1.82, 2.24) is 9.97 Å². The standard InChI is InChI=1S/C15H15N3O/c16-15(19)13-11(10-4-3-5-10)7-9-18-14(13)12-6-1-2-8-17-12/h1-2,6-10H,3-5H2,(H2,16,19). The predicted octanol–water partition coefficient (Wildman–Crippen LogP) is 2.51. The Kier molecular flexibility index (Phi) is 2.99. The number of hydrogen-bond acceptors (Lipinski definition) is 3. The van der Waals surface area contributed by atoms with E-state index in [-0.39, 0.29) is 0 Å². The van der Waals surface area contributed by atoms with E-state index in [1.54, 1.807) is 12.4 Å². The molecule has 0 radical (unpaired) electrons. The van der Waals surface area contributed by atoms with Crippen molar-refractivity contribution in [2.45, 2.75) is 25.2 Å². The van der Waals surface area contributed by atoms with Gasteiger partial charge in [-0.05, 0) is 42.5 Å². The van der Waals surface area contributed by atoms with Crippen molar-refractivity contribution in [2.24, 2.45) is 5.73 Å². The van der Waals surface area contributed by atoms with Gasteiger partial charge in [-0.1, -0.05) is 12.5 Å². The molecule has 0 aliphatic heterocycles. The fourth-order valence-corrected chi connectivity index (χ4v) is 2.49. The number of rotatable bonds is 3. The van der Waals surface area contributed by atoms with Gasteiger partial charge in [-0.2, -0.15) is 0 Å². The molecule has 4 heteroatoms. The molecule has 0 atom stereocenters. The Morgan fingerprint density at radius 1 is 1.16 bits per heavy atom. The van der Waals surface area contributed by atoms with Gasteiger partial charge in [-0.3, -0.25) is 14.8 Å². The lowest BCUT2D eigenvalue weighted by atomic mass is 9.78. The molecule has 1 aliphatic carbocycles. The largest absolute Gasteiger partial charge is 0.366 e. The smallest absolute Gasteiger partial charge is 0.251 e. The molecule has 2 aromatic rings. The lowest BCUT2D eigenvalue weighted by Gasteiger charge is -2.27. The van der Waals surface area contributed by atoms with Crippen LogP contribution in [0.2, 0.25) is 0 Å². The highest BCUT2D eigenvalue weighted by atomic mass is 16.1. The summed E-state index contributed by atoms with van der Waals surface area (Å²) in [6.45, 7) is 0. The van der Waals surface area contributed by atoms with E-state index >= 15 is 0 Å². The van der Waals surface area contributed by atoms with E-state index in [1.807, 2.05) is 24.3 Å². The van der Waals surface area contributed by atoms with Gasteiger partial charge < -0.3 is 5.73 Å². The molecule has 1 aliphatic rings. The summed E-state index contributed by atoms with van der Waals surface area (Å²) in [5, 5.41) is 0. The van der Waals surface area contributed by atoms with Crippen LogP contribution in [-0.2, 0) is 0 Å². The van der Waals surface area contributed by atoms with Crippen molar-refractivity contribution >= 4 is 5.91 Å². The van der Waals surface area contributed by atoms with E-state index in [1.165, 1.54) is 6.42 Å².